The summed E-state index contributed by atoms with van der Waals surface area (Å²) in [6.45, 7) is 12.4. The van der Waals surface area contributed by atoms with Gasteiger partial charge in [-0.25, -0.2) is 0 Å². The van der Waals surface area contributed by atoms with Crippen molar-refractivity contribution in [2.45, 2.75) is 25.6 Å². The van der Waals surface area contributed by atoms with Crippen molar-refractivity contribution in [1.82, 2.24) is 0 Å². The van der Waals surface area contributed by atoms with Gasteiger partial charge in [0.25, 0.3) is 0 Å². The molecule has 10 heavy (non-hydrogen) atoms. The average molecular weight is 152 g/mol. The molecule has 56 valence electrons. The summed E-state index contributed by atoms with van der Waals surface area (Å²) in [5, 5.41) is 0. The van der Waals surface area contributed by atoms with Crippen LogP contribution >= 0.6 is 0 Å². The van der Waals surface area contributed by atoms with Crippen molar-refractivity contribution in [3.63, 3.8) is 0 Å². The van der Waals surface area contributed by atoms with Crippen LogP contribution in [0.5, 0.6) is 0 Å². The highest BCUT2D eigenvalue weighted by Gasteiger charge is 2.46. The van der Waals surface area contributed by atoms with Crippen LogP contribution in [0.15, 0.2) is 24.9 Å². The van der Waals surface area contributed by atoms with Crippen molar-refractivity contribution in [2.75, 3.05) is 0 Å². The van der Waals surface area contributed by atoms with E-state index in [4.69, 9.17) is 0 Å². The van der Waals surface area contributed by atoms with Crippen LogP contribution in [0.4, 0.5) is 0 Å². The normalized spacial score (nSPS) is 45.8. The van der Waals surface area contributed by atoms with Gasteiger partial charge in [0.05, 0.1) is 8.07 Å². The maximum absolute atomic E-state index is 3.88. The van der Waals surface area contributed by atoms with Gasteiger partial charge in [-0.3, -0.25) is 0 Å². The van der Waals surface area contributed by atoms with Crippen LogP contribution in [-0.4, -0.2) is 8.07 Å². The lowest BCUT2D eigenvalue weighted by Crippen LogP contribution is -2.48. The Morgan fingerprint density at radius 2 is 1.90 bits per heavy atom. The highest BCUT2D eigenvalue weighted by Crippen LogP contribution is 2.49. The summed E-state index contributed by atoms with van der Waals surface area (Å²) in [6.07, 6.45) is 2.10. The molecule has 0 N–H and O–H groups in total. The zero-order valence-electron chi connectivity index (χ0n) is 6.98. The molecule has 0 aromatic carbocycles. The second kappa shape index (κ2) is 2.09. The minimum atomic E-state index is -0.934. The Morgan fingerprint density at radius 3 is 2.20 bits per heavy atom. The lowest BCUT2D eigenvalue weighted by atomic mass is 9.95. The molecule has 1 saturated heterocycles. The van der Waals surface area contributed by atoms with Crippen LogP contribution < -0.4 is 0 Å². The van der Waals surface area contributed by atoms with Crippen LogP contribution in [0.2, 0.25) is 18.6 Å². The summed E-state index contributed by atoms with van der Waals surface area (Å²) in [5.74, 6) is 0. The molecular weight excluding hydrogens is 136 g/mol. The first-order valence-electron chi connectivity index (χ1n) is 3.81. The summed E-state index contributed by atoms with van der Waals surface area (Å²) >= 11 is 0. The Kier molecular flexibility index (Phi) is 1.63. The molecule has 1 rings (SSSR count). The highest BCUT2D eigenvalue weighted by atomic mass is 28.3. The summed E-state index contributed by atoms with van der Waals surface area (Å²) in [4.78, 5) is 0. The molecule has 1 heteroatoms. The van der Waals surface area contributed by atoms with E-state index in [2.05, 4.69) is 38.4 Å². The van der Waals surface area contributed by atoms with Crippen molar-refractivity contribution in [1.29, 1.82) is 0 Å². The standard InChI is InChI=1S/C9H16Si/c1-5-9(3)7-10(4,6-2)8-9/h5-6H,1-2,7-8H2,3-4H3. The second-order valence-electron chi connectivity index (χ2n) is 4.07. The number of rotatable bonds is 2. The topological polar surface area (TPSA) is 0 Å². The number of hydrogen-bond donors (Lipinski definition) is 0. The molecule has 0 radical (unpaired) electrons. The zero-order chi connectivity index (χ0) is 7.83. The van der Waals surface area contributed by atoms with Gasteiger partial charge in [0.15, 0.2) is 0 Å². The maximum atomic E-state index is 3.88. The molecule has 0 bridgehead atoms. The molecular formula is C9H16Si. The molecule has 1 fully saturated rings. The molecule has 0 aliphatic carbocycles. The summed E-state index contributed by atoms with van der Waals surface area (Å²) < 4.78 is 0. The van der Waals surface area contributed by atoms with E-state index in [9.17, 15) is 0 Å². The van der Waals surface area contributed by atoms with Crippen LogP contribution in [0, 0.1) is 5.41 Å². The molecule has 0 spiro atoms. The molecule has 0 aromatic heterocycles. The van der Waals surface area contributed by atoms with Gasteiger partial charge in [-0.05, 0) is 17.5 Å². The van der Waals surface area contributed by atoms with E-state index in [1.165, 1.54) is 12.1 Å². The minimum absolute atomic E-state index is 0.454. The number of hydrogen-bond acceptors (Lipinski definition) is 0. The van der Waals surface area contributed by atoms with Crippen LogP contribution in [0.1, 0.15) is 6.92 Å². The molecule has 0 amide bonds. The van der Waals surface area contributed by atoms with Gasteiger partial charge < -0.3 is 0 Å². The highest BCUT2D eigenvalue weighted by molar-refractivity contribution is 6.86. The Labute approximate surface area is 64.7 Å². The van der Waals surface area contributed by atoms with E-state index in [0.29, 0.717) is 5.41 Å². The minimum Gasteiger partial charge on any atom is -0.107 e. The Hall–Kier alpha value is -0.303. The smallest absolute Gasteiger partial charge is 0.0756 e. The predicted octanol–water partition coefficient (Wildman–Crippen LogP) is 3.00. The molecule has 0 nitrogen and oxygen atoms in total. The van der Waals surface area contributed by atoms with Gasteiger partial charge in [-0.2, -0.15) is 0 Å². The third-order valence-corrected chi connectivity index (χ3v) is 6.82. The van der Waals surface area contributed by atoms with Crippen molar-refractivity contribution in [3.05, 3.63) is 24.9 Å². The fraction of sp³-hybridized carbons (Fsp3) is 0.556. The quantitative estimate of drug-likeness (QED) is 0.421. The SMILES string of the molecule is C=CC1(C)C[Si](C)(C=C)C1. The van der Waals surface area contributed by atoms with E-state index in [1.54, 1.807) is 0 Å². The van der Waals surface area contributed by atoms with Crippen molar-refractivity contribution in [3.8, 4) is 0 Å². The fourth-order valence-corrected chi connectivity index (χ4v) is 6.25. The van der Waals surface area contributed by atoms with Gasteiger partial charge in [0.2, 0.25) is 0 Å². The van der Waals surface area contributed by atoms with Gasteiger partial charge in [0.1, 0.15) is 0 Å². The lowest BCUT2D eigenvalue weighted by Gasteiger charge is -2.48. The molecule has 0 atom stereocenters. The Bertz CT molecular complexity index is 146. The average Bonchev–Trinajstić information content (AvgIpc) is 1.85. The largest absolute Gasteiger partial charge is 0.107 e. The maximum Gasteiger partial charge on any atom is 0.0756 e. The van der Waals surface area contributed by atoms with Crippen molar-refractivity contribution in [2.24, 2.45) is 5.41 Å². The first-order valence-corrected chi connectivity index (χ1v) is 6.80. The summed E-state index contributed by atoms with van der Waals surface area (Å²) in [6, 6.07) is 2.71. The van der Waals surface area contributed by atoms with E-state index < -0.39 is 8.07 Å². The first-order chi connectivity index (χ1) is 4.54. The third kappa shape index (κ3) is 1.10. The van der Waals surface area contributed by atoms with E-state index in [-0.39, 0.29) is 0 Å². The first kappa shape index (κ1) is 7.80. The van der Waals surface area contributed by atoms with E-state index in [0.717, 1.165) is 0 Å². The van der Waals surface area contributed by atoms with Gasteiger partial charge in [0, 0.05) is 0 Å². The molecule has 0 aromatic rings. The molecule has 0 unspecified atom stereocenters. The van der Waals surface area contributed by atoms with Gasteiger partial charge in [-0.15, -0.1) is 18.9 Å². The van der Waals surface area contributed by atoms with Gasteiger partial charge in [-0.1, -0.05) is 19.5 Å². The Balaban J connectivity index is 2.57. The summed E-state index contributed by atoms with van der Waals surface area (Å²) in [5.41, 5.74) is 2.66. The van der Waals surface area contributed by atoms with E-state index >= 15 is 0 Å². The van der Waals surface area contributed by atoms with Crippen molar-refractivity contribution >= 4 is 8.07 Å². The third-order valence-electron chi connectivity index (χ3n) is 2.60. The van der Waals surface area contributed by atoms with Gasteiger partial charge >= 0.3 is 0 Å². The van der Waals surface area contributed by atoms with E-state index in [1.807, 2.05) is 0 Å². The summed E-state index contributed by atoms with van der Waals surface area (Å²) in [7, 11) is -0.934. The second-order valence-corrected chi connectivity index (χ2v) is 8.49. The predicted molar refractivity (Wildman–Crippen MR) is 49.7 cm³/mol. The fourth-order valence-electron chi connectivity index (χ4n) is 2.08. The lowest BCUT2D eigenvalue weighted by molar-refractivity contribution is 0.471. The number of allylic oxidation sites excluding steroid dienone is 1. The van der Waals surface area contributed by atoms with Crippen LogP contribution in [0.3, 0.4) is 0 Å². The molecule has 1 aliphatic rings. The Morgan fingerprint density at radius 1 is 1.40 bits per heavy atom. The van der Waals surface area contributed by atoms with Crippen molar-refractivity contribution < 1.29 is 0 Å². The molecule has 1 heterocycles. The monoisotopic (exact) mass is 152 g/mol. The zero-order valence-corrected chi connectivity index (χ0v) is 7.98. The molecule has 0 saturated carbocycles. The molecule has 1 aliphatic heterocycles. The van der Waals surface area contributed by atoms with Crippen LogP contribution in [0.25, 0.3) is 0 Å². The van der Waals surface area contributed by atoms with Crippen LogP contribution in [-0.2, 0) is 0 Å².